The molecule has 2 aliphatic rings. The SMILES string of the molecule is C.C=CCBr.C=CCC1(CC=C)Oc2ccc(OC)cc2C1=O.CC.CC.CC.COc1ccc2c(c1)C(=O)CO2. The van der Waals surface area contributed by atoms with E-state index in [1.165, 1.54) is 0 Å². The molecule has 0 unspecified atom stereocenters. The number of carbonyl (C=O) groups is 2. The van der Waals surface area contributed by atoms with Crippen LogP contribution >= 0.6 is 15.9 Å². The highest BCUT2D eigenvalue weighted by atomic mass is 79.9. The number of hydrogen-bond donors (Lipinski definition) is 0. The Morgan fingerprint density at radius 2 is 1.24 bits per heavy atom. The van der Waals surface area contributed by atoms with Gasteiger partial charge in [-0.1, -0.05) is 83.1 Å². The zero-order valence-corrected chi connectivity index (χ0v) is 27.1. The lowest BCUT2D eigenvalue weighted by molar-refractivity contribution is 0.0581. The Kier molecular flexibility index (Phi) is 25.2. The third-order valence-electron chi connectivity index (χ3n) is 5.05. The van der Waals surface area contributed by atoms with E-state index in [1.54, 1.807) is 68.8 Å². The summed E-state index contributed by atoms with van der Waals surface area (Å²) in [6, 6.07) is 10.5. The first-order valence-corrected chi connectivity index (χ1v) is 14.7. The largest absolute Gasteiger partial charge is 0.497 e. The van der Waals surface area contributed by atoms with Crippen LogP contribution in [-0.4, -0.2) is 43.3 Å². The van der Waals surface area contributed by atoms with Gasteiger partial charge in [-0.25, -0.2) is 0 Å². The van der Waals surface area contributed by atoms with Gasteiger partial charge >= 0.3 is 0 Å². The molecule has 2 aliphatic heterocycles. The number of hydrogen-bond acceptors (Lipinski definition) is 6. The van der Waals surface area contributed by atoms with E-state index in [0.29, 0.717) is 47.0 Å². The van der Waals surface area contributed by atoms with Crippen LogP contribution in [0, 0.1) is 0 Å². The number of halogens is 1. The van der Waals surface area contributed by atoms with Gasteiger partial charge in [0.15, 0.2) is 12.2 Å². The highest BCUT2D eigenvalue weighted by Crippen LogP contribution is 2.41. The number of fused-ring (bicyclic) bond motifs is 2. The van der Waals surface area contributed by atoms with Crippen molar-refractivity contribution < 1.29 is 28.5 Å². The van der Waals surface area contributed by atoms with Gasteiger partial charge in [-0.15, -0.1) is 19.7 Å². The second-order valence-electron chi connectivity index (χ2n) is 7.29. The van der Waals surface area contributed by atoms with Crippen molar-refractivity contribution in [1.82, 2.24) is 0 Å². The van der Waals surface area contributed by atoms with E-state index in [1.807, 2.05) is 41.5 Å². The van der Waals surface area contributed by atoms with Gasteiger partial charge in [-0.05, 0) is 36.4 Å². The van der Waals surface area contributed by atoms with Crippen molar-refractivity contribution in [2.24, 2.45) is 0 Å². The highest BCUT2D eigenvalue weighted by molar-refractivity contribution is 9.09. The molecule has 0 spiro atoms. The maximum absolute atomic E-state index is 12.5. The van der Waals surface area contributed by atoms with Gasteiger partial charge in [0.1, 0.15) is 23.0 Å². The highest BCUT2D eigenvalue weighted by Gasteiger charge is 2.46. The number of alkyl halides is 1. The van der Waals surface area contributed by atoms with Crippen molar-refractivity contribution in [3.63, 3.8) is 0 Å². The van der Waals surface area contributed by atoms with Crippen molar-refractivity contribution in [2.75, 3.05) is 26.2 Å². The average Bonchev–Trinajstić information content (AvgIpc) is 3.52. The van der Waals surface area contributed by atoms with E-state index in [9.17, 15) is 9.59 Å². The lowest BCUT2D eigenvalue weighted by atomic mass is 9.89. The number of rotatable bonds is 7. The van der Waals surface area contributed by atoms with Crippen LogP contribution in [-0.2, 0) is 0 Å². The molecule has 0 aromatic heterocycles. The van der Waals surface area contributed by atoms with Crippen LogP contribution in [0.4, 0.5) is 0 Å². The molecule has 0 radical (unpaired) electrons. The molecule has 0 saturated heterocycles. The quantitative estimate of drug-likeness (QED) is 0.223. The van der Waals surface area contributed by atoms with Crippen LogP contribution in [0.15, 0.2) is 74.4 Å². The maximum Gasteiger partial charge on any atom is 0.210 e. The van der Waals surface area contributed by atoms with Gasteiger partial charge in [0.2, 0.25) is 11.6 Å². The summed E-state index contributed by atoms with van der Waals surface area (Å²) < 4.78 is 21.1. The number of allylic oxidation sites excluding steroid dienone is 1. The fraction of sp³-hybridized carbons (Fsp3) is 0.412. The third kappa shape index (κ3) is 12.4. The lowest BCUT2D eigenvalue weighted by Crippen LogP contribution is -2.39. The second kappa shape index (κ2) is 24.5. The summed E-state index contributed by atoms with van der Waals surface area (Å²) in [5.41, 5.74) is 0.311. The molecule has 0 N–H and O–H groups in total. The van der Waals surface area contributed by atoms with Crippen molar-refractivity contribution in [2.45, 2.75) is 67.4 Å². The van der Waals surface area contributed by atoms with E-state index in [2.05, 4.69) is 35.7 Å². The fourth-order valence-electron chi connectivity index (χ4n) is 3.42. The van der Waals surface area contributed by atoms with E-state index in [-0.39, 0.29) is 25.6 Å². The summed E-state index contributed by atoms with van der Waals surface area (Å²) in [5, 5.41) is 0.896. The van der Waals surface area contributed by atoms with E-state index < -0.39 is 5.60 Å². The monoisotopic (exact) mass is 634 g/mol. The molecule has 230 valence electrons. The first kappa shape index (κ1) is 42.2. The van der Waals surface area contributed by atoms with Crippen molar-refractivity contribution >= 4 is 27.5 Å². The molecule has 2 aromatic carbocycles. The molecule has 4 rings (SSSR count). The number of ether oxygens (including phenoxy) is 4. The number of benzene rings is 2. The molecule has 0 amide bonds. The van der Waals surface area contributed by atoms with Gasteiger partial charge in [0.25, 0.3) is 0 Å². The molecule has 6 nitrogen and oxygen atoms in total. The Morgan fingerprint density at radius 1 is 0.805 bits per heavy atom. The number of methoxy groups -OCH3 is 2. The summed E-state index contributed by atoms with van der Waals surface area (Å²) >= 11 is 3.13. The van der Waals surface area contributed by atoms with Crippen LogP contribution in [0.5, 0.6) is 23.0 Å². The molecule has 2 heterocycles. The van der Waals surface area contributed by atoms with E-state index in [4.69, 9.17) is 18.9 Å². The predicted octanol–water partition coefficient (Wildman–Crippen LogP) is 9.71. The number of Topliss-reactive ketones (excluding diaryl/α,β-unsaturated/α-hetero) is 2. The topological polar surface area (TPSA) is 71.1 Å². The van der Waals surface area contributed by atoms with Crippen LogP contribution in [0.2, 0.25) is 0 Å². The first-order valence-electron chi connectivity index (χ1n) is 13.5. The zero-order valence-electron chi connectivity index (χ0n) is 25.5. The van der Waals surface area contributed by atoms with Gasteiger partial charge in [-0.2, -0.15) is 0 Å². The van der Waals surface area contributed by atoms with Crippen molar-refractivity contribution in [3.8, 4) is 23.0 Å². The van der Waals surface area contributed by atoms with Crippen LogP contribution in [0.3, 0.4) is 0 Å². The summed E-state index contributed by atoms with van der Waals surface area (Å²) in [4.78, 5) is 23.6. The number of carbonyl (C=O) groups excluding carboxylic acids is 2. The molecular weight excluding hydrogens is 584 g/mol. The normalized spacial score (nSPS) is 12.0. The second-order valence-corrected chi connectivity index (χ2v) is 7.94. The average molecular weight is 636 g/mol. The minimum atomic E-state index is -0.877. The van der Waals surface area contributed by atoms with E-state index in [0.717, 1.165) is 5.33 Å². The molecule has 0 atom stereocenters. The van der Waals surface area contributed by atoms with E-state index >= 15 is 0 Å². The molecule has 0 fully saturated rings. The molecule has 0 aliphatic carbocycles. The Morgan fingerprint density at radius 3 is 1.66 bits per heavy atom. The number of ketones is 2. The smallest absolute Gasteiger partial charge is 0.210 e. The third-order valence-corrected chi connectivity index (χ3v) is 5.51. The standard InChI is InChI=1S/C15H16O3.C9H8O3.C3H5Br.3C2H6.CH4/c1-4-8-15(9-5-2)14(16)12-10-11(17-3)6-7-13(12)18-15;1-11-6-2-3-9-7(4-6)8(10)5-12-9;1-2-3-4;3*1-2;/h4-7,10H,1-2,8-9H2,3H3;2-4H,5H2,1H3;2H,1,3H2;3*1-2H3;1H4. The summed E-state index contributed by atoms with van der Waals surface area (Å²) in [5.74, 6) is 2.58. The van der Waals surface area contributed by atoms with Crippen LogP contribution in [0.25, 0.3) is 0 Å². The Bertz CT molecular complexity index is 1050. The lowest BCUT2D eigenvalue weighted by Gasteiger charge is -2.24. The molecule has 7 heteroatoms. The molecule has 0 bridgehead atoms. The molecule has 41 heavy (non-hydrogen) atoms. The minimum Gasteiger partial charge on any atom is -0.497 e. The van der Waals surface area contributed by atoms with Crippen LogP contribution < -0.4 is 18.9 Å². The van der Waals surface area contributed by atoms with Gasteiger partial charge in [-0.3, -0.25) is 9.59 Å². The molecule has 0 saturated carbocycles. The fourth-order valence-corrected chi connectivity index (χ4v) is 3.42. The zero-order chi connectivity index (χ0) is 31.1. The van der Waals surface area contributed by atoms with Crippen molar-refractivity contribution in [1.29, 1.82) is 0 Å². The first-order chi connectivity index (χ1) is 19.4. The molecule has 2 aromatic rings. The van der Waals surface area contributed by atoms with Gasteiger partial charge < -0.3 is 18.9 Å². The minimum absolute atomic E-state index is 0. The Labute approximate surface area is 257 Å². The maximum atomic E-state index is 12.5. The van der Waals surface area contributed by atoms with Gasteiger partial charge in [0.05, 0.1) is 25.3 Å². The summed E-state index contributed by atoms with van der Waals surface area (Å²) in [6.07, 6.45) is 6.12. The van der Waals surface area contributed by atoms with Gasteiger partial charge in [0, 0.05) is 18.2 Å². The molecular formula is C34H51BrO6. The Hall–Kier alpha value is -3.32. The summed E-state index contributed by atoms with van der Waals surface area (Å²) in [7, 11) is 3.14. The predicted molar refractivity (Wildman–Crippen MR) is 178 cm³/mol. The van der Waals surface area contributed by atoms with Crippen molar-refractivity contribution in [3.05, 3.63) is 85.5 Å². The summed E-state index contributed by atoms with van der Waals surface area (Å²) in [6.45, 7) is 23.0. The van der Waals surface area contributed by atoms with Crippen LogP contribution in [0.1, 0.15) is 82.5 Å². The Balaban J connectivity index is -0.000000544.